The lowest BCUT2D eigenvalue weighted by atomic mass is 9.86. The number of likely N-dealkylation sites (tertiary alicyclic amines) is 1. The molecular formula is C15H18N4. The second-order valence-electron chi connectivity index (χ2n) is 5.28. The summed E-state index contributed by atoms with van der Waals surface area (Å²) in [5, 5.41) is 17.5. The number of hydrogen-bond acceptors (Lipinski definition) is 4. The quantitative estimate of drug-likeness (QED) is 0.891. The molecule has 0 saturated carbocycles. The third kappa shape index (κ3) is 3.54. The van der Waals surface area contributed by atoms with E-state index in [9.17, 15) is 0 Å². The van der Waals surface area contributed by atoms with Crippen molar-refractivity contribution in [1.29, 1.82) is 10.5 Å². The maximum Gasteiger partial charge on any atom is 0.0991 e. The van der Waals surface area contributed by atoms with Gasteiger partial charge in [0.25, 0.3) is 0 Å². The largest absolute Gasteiger partial charge is 0.324 e. The Hall–Kier alpha value is -1.88. The average molecular weight is 254 g/mol. The second kappa shape index (κ2) is 5.84. The molecule has 2 rings (SSSR count). The molecule has 0 aliphatic carbocycles. The number of nitriles is 2. The van der Waals surface area contributed by atoms with Gasteiger partial charge >= 0.3 is 0 Å². The van der Waals surface area contributed by atoms with Crippen LogP contribution in [0.4, 0.5) is 0 Å². The fourth-order valence-corrected chi connectivity index (χ4v) is 2.43. The highest BCUT2D eigenvalue weighted by atomic mass is 15.1. The van der Waals surface area contributed by atoms with Crippen molar-refractivity contribution in [3.63, 3.8) is 0 Å². The summed E-state index contributed by atoms with van der Waals surface area (Å²) in [4.78, 5) is 2.35. The van der Waals surface area contributed by atoms with Crippen molar-refractivity contribution >= 4 is 0 Å². The molecule has 1 aromatic rings. The smallest absolute Gasteiger partial charge is 0.0991 e. The Kier molecular flexibility index (Phi) is 4.16. The zero-order valence-corrected chi connectivity index (χ0v) is 11.0. The summed E-state index contributed by atoms with van der Waals surface area (Å²) in [5.74, 6) is 0. The normalized spacial score (nSPS) is 18.5. The molecule has 1 saturated heterocycles. The first-order valence-corrected chi connectivity index (χ1v) is 6.52. The topological polar surface area (TPSA) is 76.8 Å². The molecule has 98 valence electrons. The third-order valence-electron chi connectivity index (χ3n) is 3.77. The summed E-state index contributed by atoms with van der Waals surface area (Å²) in [6, 6.07) is 12.0. The van der Waals surface area contributed by atoms with Crippen molar-refractivity contribution in [2.24, 2.45) is 5.73 Å². The standard InChI is InChI=1S/C15H18N4/c16-8-5-15(18)6-9-19(10-7-15)12-14-3-1-13(11-17)2-4-14/h1-4H,5-7,9-10,12,18H2. The predicted molar refractivity (Wildman–Crippen MR) is 72.8 cm³/mol. The maximum absolute atomic E-state index is 8.76. The molecule has 0 radical (unpaired) electrons. The van der Waals surface area contributed by atoms with Gasteiger partial charge in [0.2, 0.25) is 0 Å². The minimum atomic E-state index is -0.296. The van der Waals surface area contributed by atoms with Crippen LogP contribution in [0.15, 0.2) is 24.3 Å². The molecule has 1 heterocycles. The van der Waals surface area contributed by atoms with Crippen LogP contribution in [0, 0.1) is 22.7 Å². The Labute approximate surface area is 114 Å². The Bertz CT molecular complexity index is 498. The van der Waals surface area contributed by atoms with Gasteiger partial charge in [0.1, 0.15) is 0 Å². The lowest BCUT2D eigenvalue weighted by Gasteiger charge is -2.37. The van der Waals surface area contributed by atoms with E-state index in [1.165, 1.54) is 5.56 Å². The molecule has 0 amide bonds. The number of benzene rings is 1. The van der Waals surface area contributed by atoms with Gasteiger partial charge in [0, 0.05) is 25.2 Å². The molecule has 0 spiro atoms. The lowest BCUT2D eigenvalue weighted by Crippen LogP contribution is -2.49. The van der Waals surface area contributed by atoms with Crippen molar-refractivity contribution in [2.75, 3.05) is 13.1 Å². The molecule has 4 nitrogen and oxygen atoms in total. The maximum atomic E-state index is 8.76. The van der Waals surface area contributed by atoms with Crippen molar-refractivity contribution < 1.29 is 0 Å². The number of piperidine rings is 1. The third-order valence-corrected chi connectivity index (χ3v) is 3.77. The molecule has 0 bridgehead atoms. The first kappa shape index (κ1) is 13.5. The van der Waals surface area contributed by atoms with E-state index in [0.29, 0.717) is 12.0 Å². The summed E-state index contributed by atoms with van der Waals surface area (Å²) in [7, 11) is 0. The number of nitrogens with two attached hydrogens (primary N) is 1. The number of hydrogen-bond donors (Lipinski definition) is 1. The van der Waals surface area contributed by atoms with Gasteiger partial charge in [-0.15, -0.1) is 0 Å². The minimum Gasteiger partial charge on any atom is -0.324 e. The highest BCUT2D eigenvalue weighted by Crippen LogP contribution is 2.23. The Morgan fingerprint density at radius 1 is 1.16 bits per heavy atom. The van der Waals surface area contributed by atoms with Gasteiger partial charge in [0.05, 0.1) is 24.1 Å². The van der Waals surface area contributed by atoms with Crippen LogP contribution in [0.2, 0.25) is 0 Å². The number of nitrogens with zero attached hydrogens (tertiary/aromatic N) is 3. The summed E-state index contributed by atoms with van der Waals surface area (Å²) in [5.41, 5.74) is 7.79. The lowest BCUT2D eigenvalue weighted by molar-refractivity contribution is 0.157. The fraction of sp³-hybridized carbons (Fsp3) is 0.467. The Morgan fingerprint density at radius 3 is 2.32 bits per heavy atom. The van der Waals surface area contributed by atoms with Gasteiger partial charge in [-0.05, 0) is 30.5 Å². The van der Waals surface area contributed by atoms with Gasteiger partial charge < -0.3 is 5.73 Å². The zero-order valence-electron chi connectivity index (χ0n) is 11.0. The molecule has 0 atom stereocenters. The van der Waals surface area contributed by atoms with Crippen molar-refractivity contribution in [1.82, 2.24) is 4.90 Å². The molecule has 19 heavy (non-hydrogen) atoms. The van der Waals surface area contributed by atoms with Crippen molar-refractivity contribution in [2.45, 2.75) is 31.3 Å². The summed E-state index contributed by atoms with van der Waals surface area (Å²) in [6.07, 6.45) is 2.19. The van der Waals surface area contributed by atoms with Gasteiger partial charge in [-0.2, -0.15) is 10.5 Å². The van der Waals surface area contributed by atoms with Gasteiger partial charge in [-0.3, -0.25) is 4.90 Å². The van der Waals surface area contributed by atoms with Crippen molar-refractivity contribution in [3.05, 3.63) is 35.4 Å². The fourth-order valence-electron chi connectivity index (χ4n) is 2.43. The van der Waals surface area contributed by atoms with Crippen LogP contribution in [0.25, 0.3) is 0 Å². The summed E-state index contributed by atoms with van der Waals surface area (Å²) >= 11 is 0. The molecule has 0 unspecified atom stereocenters. The van der Waals surface area contributed by atoms with Crippen LogP contribution >= 0.6 is 0 Å². The van der Waals surface area contributed by atoms with Crippen LogP contribution in [-0.2, 0) is 6.54 Å². The van der Waals surface area contributed by atoms with Crippen LogP contribution in [0.5, 0.6) is 0 Å². The van der Waals surface area contributed by atoms with E-state index in [0.717, 1.165) is 32.5 Å². The van der Waals surface area contributed by atoms with Gasteiger partial charge in [0.15, 0.2) is 0 Å². The molecule has 1 aliphatic rings. The van der Waals surface area contributed by atoms with Gasteiger partial charge in [-0.1, -0.05) is 12.1 Å². The van der Waals surface area contributed by atoms with Gasteiger partial charge in [-0.25, -0.2) is 0 Å². The van der Waals surface area contributed by atoms with E-state index in [4.69, 9.17) is 16.3 Å². The van der Waals surface area contributed by atoms with Crippen LogP contribution in [-0.4, -0.2) is 23.5 Å². The summed E-state index contributed by atoms with van der Waals surface area (Å²) < 4.78 is 0. The van der Waals surface area contributed by atoms with Crippen LogP contribution in [0.1, 0.15) is 30.4 Å². The van der Waals surface area contributed by atoms with E-state index in [2.05, 4.69) is 17.0 Å². The molecular weight excluding hydrogens is 236 g/mol. The van der Waals surface area contributed by atoms with Crippen LogP contribution < -0.4 is 5.73 Å². The first-order chi connectivity index (χ1) is 9.15. The Morgan fingerprint density at radius 2 is 1.79 bits per heavy atom. The summed E-state index contributed by atoms with van der Waals surface area (Å²) in [6.45, 7) is 2.74. The van der Waals surface area contributed by atoms with E-state index in [1.807, 2.05) is 24.3 Å². The monoisotopic (exact) mass is 254 g/mol. The highest BCUT2D eigenvalue weighted by Gasteiger charge is 2.30. The molecule has 4 heteroatoms. The number of rotatable bonds is 3. The molecule has 1 fully saturated rings. The SMILES string of the molecule is N#CCC1(N)CCN(Cc2ccc(C#N)cc2)CC1. The molecule has 1 aromatic carbocycles. The van der Waals surface area contributed by atoms with E-state index in [-0.39, 0.29) is 5.54 Å². The Balaban J connectivity index is 1.89. The van der Waals surface area contributed by atoms with Crippen molar-refractivity contribution in [3.8, 4) is 12.1 Å². The molecule has 0 aromatic heterocycles. The van der Waals surface area contributed by atoms with Crippen LogP contribution in [0.3, 0.4) is 0 Å². The highest BCUT2D eigenvalue weighted by molar-refractivity contribution is 5.31. The predicted octanol–water partition coefficient (Wildman–Crippen LogP) is 1.77. The first-order valence-electron chi connectivity index (χ1n) is 6.52. The van der Waals surface area contributed by atoms with E-state index >= 15 is 0 Å². The molecule has 1 aliphatic heterocycles. The molecule has 2 N–H and O–H groups in total. The minimum absolute atomic E-state index is 0.296. The zero-order chi connectivity index (χ0) is 13.7. The van der Waals surface area contributed by atoms with E-state index in [1.54, 1.807) is 0 Å². The van der Waals surface area contributed by atoms with E-state index < -0.39 is 0 Å². The second-order valence-corrected chi connectivity index (χ2v) is 5.28. The average Bonchev–Trinajstić information content (AvgIpc) is 2.43.